The van der Waals surface area contributed by atoms with Crippen molar-refractivity contribution in [1.82, 2.24) is 9.55 Å². The first-order valence-electron chi connectivity index (χ1n) is 7.94. The third-order valence-electron chi connectivity index (χ3n) is 4.39. The lowest BCUT2D eigenvalue weighted by Crippen LogP contribution is -2.25. The molecule has 0 radical (unpaired) electrons. The smallest absolute Gasteiger partial charge is 0.129 e. The molecule has 1 aliphatic heterocycles. The van der Waals surface area contributed by atoms with Crippen LogP contribution in [-0.2, 0) is 19.4 Å². The fraction of sp³-hybridized carbons (Fsp3) is 0.500. The van der Waals surface area contributed by atoms with Gasteiger partial charge in [0, 0.05) is 35.5 Å². The van der Waals surface area contributed by atoms with Crippen LogP contribution in [0.1, 0.15) is 49.4 Å². The molecule has 0 aliphatic carbocycles. The summed E-state index contributed by atoms with van der Waals surface area (Å²) in [6, 6.07) is 0. The van der Waals surface area contributed by atoms with Gasteiger partial charge >= 0.3 is 0 Å². The molecule has 0 saturated carbocycles. The van der Waals surface area contributed by atoms with Crippen LogP contribution < -0.4 is 4.74 Å². The first-order valence-corrected chi connectivity index (χ1v) is 7.94. The molecule has 2 heterocycles. The molecule has 2 aromatic rings. The predicted molar refractivity (Wildman–Crippen MR) is 86.6 cm³/mol. The van der Waals surface area contributed by atoms with Crippen molar-refractivity contribution in [3.8, 4) is 11.5 Å². The van der Waals surface area contributed by atoms with E-state index in [1.807, 2.05) is 17.7 Å². The molecule has 22 heavy (non-hydrogen) atoms. The Hall–Kier alpha value is -1.97. The highest BCUT2D eigenvalue weighted by Gasteiger charge is 2.35. The van der Waals surface area contributed by atoms with Crippen LogP contribution in [0.3, 0.4) is 0 Å². The van der Waals surface area contributed by atoms with Crippen molar-refractivity contribution in [1.29, 1.82) is 0 Å². The fourth-order valence-electron chi connectivity index (χ4n) is 3.33. The standard InChI is InChI=1S/C18H24N2O2/c1-5-6-13-15(10-20-8-7-19-11-20)17-14(12(2)16(13)21)9-18(3,4)22-17/h7-8,11,21H,5-6,9-10H2,1-4H3. The minimum Gasteiger partial charge on any atom is -0.507 e. The quantitative estimate of drug-likeness (QED) is 0.938. The van der Waals surface area contributed by atoms with Gasteiger partial charge < -0.3 is 14.4 Å². The zero-order valence-corrected chi connectivity index (χ0v) is 13.8. The van der Waals surface area contributed by atoms with Gasteiger partial charge in [-0.1, -0.05) is 13.3 Å². The molecule has 4 heteroatoms. The largest absolute Gasteiger partial charge is 0.507 e. The minimum atomic E-state index is -0.214. The number of imidazole rings is 1. The van der Waals surface area contributed by atoms with Gasteiger partial charge in [0.25, 0.3) is 0 Å². The van der Waals surface area contributed by atoms with E-state index in [1.165, 1.54) is 0 Å². The van der Waals surface area contributed by atoms with Crippen LogP contribution in [0.4, 0.5) is 0 Å². The van der Waals surface area contributed by atoms with Gasteiger partial charge in [-0.05, 0) is 32.8 Å². The van der Waals surface area contributed by atoms with Crippen molar-refractivity contribution in [3.63, 3.8) is 0 Å². The summed E-state index contributed by atoms with van der Waals surface area (Å²) in [7, 11) is 0. The Morgan fingerprint density at radius 2 is 2.14 bits per heavy atom. The van der Waals surface area contributed by atoms with Gasteiger partial charge in [0.2, 0.25) is 0 Å². The van der Waals surface area contributed by atoms with Gasteiger partial charge in [0.1, 0.15) is 17.1 Å². The summed E-state index contributed by atoms with van der Waals surface area (Å²) in [6.45, 7) is 9.02. The number of hydrogen-bond acceptors (Lipinski definition) is 3. The van der Waals surface area contributed by atoms with E-state index < -0.39 is 0 Å². The van der Waals surface area contributed by atoms with Crippen molar-refractivity contribution in [2.24, 2.45) is 0 Å². The summed E-state index contributed by atoms with van der Waals surface area (Å²) in [6.07, 6.45) is 8.21. The Labute approximate surface area is 131 Å². The fourth-order valence-corrected chi connectivity index (χ4v) is 3.33. The SMILES string of the molecule is CCCc1c(O)c(C)c2c(c1Cn1ccnc1)OC(C)(C)C2. The molecule has 1 aromatic carbocycles. The van der Waals surface area contributed by atoms with Crippen molar-refractivity contribution in [3.05, 3.63) is 41.0 Å². The van der Waals surface area contributed by atoms with E-state index >= 15 is 0 Å². The highest BCUT2D eigenvalue weighted by atomic mass is 16.5. The number of phenols is 1. The van der Waals surface area contributed by atoms with Gasteiger partial charge in [-0.2, -0.15) is 0 Å². The number of aromatic nitrogens is 2. The van der Waals surface area contributed by atoms with Gasteiger partial charge in [-0.3, -0.25) is 0 Å². The van der Waals surface area contributed by atoms with Crippen LogP contribution >= 0.6 is 0 Å². The van der Waals surface area contributed by atoms with Crippen LogP contribution in [0.15, 0.2) is 18.7 Å². The van der Waals surface area contributed by atoms with E-state index in [0.29, 0.717) is 12.3 Å². The van der Waals surface area contributed by atoms with Crippen LogP contribution in [0.5, 0.6) is 11.5 Å². The molecule has 0 atom stereocenters. The summed E-state index contributed by atoms with van der Waals surface area (Å²) in [4.78, 5) is 4.12. The van der Waals surface area contributed by atoms with Crippen LogP contribution in [0.2, 0.25) is 0 Å². The predicted octanol–water partition coefficient (Wildman–Crippen LogP) is 3.61. The number of rotatable bonds is 4. The highest BCUT2D eigenvalue weighted by molar-refractivity contribution is 5.60. The van der Waals surface area contributed by atoms with E-state index in [2.05, 4.69) is 25.8 Å². The van der Waals surface area contributed by atoms with E-state index in [1.54, 1.807) is 12.5 Å². The summed E-state index contributed by atoms with van der Waals surface area (Å²) < 4.78 is 8.28. The molecule has 0 unspecified atom stereocenters. The van der Waals surface area contributed by atoms with Crippen LogP contribution in [-0.4, -0.2) is 20.3 Å². The summed E-state index contributed by atoms with van der Waals surface area (Å²) in [5.41, 5.74) is 4.03. The Morgan fingerprint density at radius 1 is 1.36 bits per heavy atom. The molecule has 1 aromatic heterocycles. The van der Waals surface area contributed by atoms with Crippen molar-refractivity contribution in [2.75, 3.05) is 0 Å². The van der Waals surface area contributed by atoms with Crippen molar-refractivity contribution in [2.45, 2.75) is 59.1 Å². The summed E-state index contributed by atoms with van der Waals surface area (Å²) >= 11 is 0. The molecule has 0 spiro atoms. The third-order valence-corrected chi connectivity index (χ3v) is 4.39. The van der Waals surface area contributed by atoms with E-state index in [0.717, 1.165) is 47.3 Å². The second-order valence-corrected chi connectivity index (χ2v) is 6.76. The van der Waals surface area contributed by atoms with Gasteiger partial charge in [-0.15, -0.1) is 0 Å². The number of hydrogen-bond donors (Lipinski definition) is 1. The molecular weight excluding hydrogens is 276 g/mol. The number of benzene rings is 1. The monoisotopic (exact) mass is 300 g/mol. The van der Waals surface area contributed by atoms with Gasteiger partial charge in [0.05, 0.1) is 12.9 Å². The summed E-state index contributed by atoms with van der Waals surface area (Å²) in [5.74, 6) is 1.41. The number of ether oxygens (including phenoxy) is 1. The van der Waals surface area contributed by atoms with E-state index in [9.17, 15) is 5.11 Å². The van der Waals surface area contributed by atoms with Gasteiger partial charge in [0.15, 0.2) is 0 Å². The van der Waals surface area contributed by atoms with E-state index in [4.69, 9.17) is 4.74 Å². The van der Waals surface area contributed by atoms with Crippen molar-refractivity contribution < 1.29 is 9.84 Å². The van der Waals surface area contributed by atoms with Crippen LogP contribution in [0, 0.1) is 6.92 Å². The van der Waals surface area contributed by atoms with Crippen LogP contribution in [0.25, 0.3) is 0 Å². The number of phenolic OH excluding ortho intramolecular Hbond substituents is 1. The number of fused-ring (bicyclic) bond motifs is 1. The topological polar surface area (TPSA) is 47.3 Å². The first kappa shape index (κ1) is 14.9. The van der Waals surface area contributed by atoms with Gasteiger partial charge in [-0.25, -0.2) is 4.98 Å². The maximum atomic E-state index is 10.7. The molecule has 1 aliphatic rings. The molecule has 0 amide bonds. The normalized spacial score (nSPS) is 15.6. The Kier molecular flexibility index (Phi) is 3.63. The molecule has 0 bridgehead atoms. The second-order valence-electron chi connectivity index (χ2n) is 6.76. The summed E-state index contributed by atoms with van der Waals surface area (Å²) in [5, 5.41) is 10.7. The molecule has 118 valence electrons. The van der Waals surface area contributed by atoms with Crippen molar-refractivity contribution >= 4 is 0 Å². The Morgan fingerprint density at radius 3 is 2.77 bits per heavy atom. The lowest BCUT2D eigenvalue weighted by atomic mass is 9.91. The lowest BCUT2D eigenvalue weighted by Gasteiger charge is -2.20. The number of nitrogens with zero attached hydrogens (tertiary/aromatic N) is 2. The molecule has 4 nitrogen and oxygen atoms in total. The number of aromatic hydroxyl groups is 1. The molecular formula is C18H24N2O2. The molecule has 0 saturated heterocycles. The average molecular weight is 300 g/mol. The lowest BCUT2D eigenvalue weighted by molar-refractivity contribution is 0.137. The highest BCUT2D eigenvalue weighted by Crippen LogP contribution is 2.46. The zero-order chi connectivity index (χ0) is 15.9. The third kappa shape index (κ3) is 2.47. The molecule has 3 rings (SSSR count). The zero-order valence-electron chi connectivity index (χ0n) is 13.8. The maximum Gasteiger partial charge on any atom is 0.129 e. The molecule has 0 fully saturated rings. The Bertz CT molecular complexity index is 688. The minimum absolute atomic E-state index is 0.214. The van der Waals surface area contributed by atoms with E-state index in [-0.39, 0.29) is 5.60 Å². The second kappa shape index (κ2) is 5.34. The average Bonchev–Trinajstić information content (AvgIpc) is 3.07. The maximum absolute atomic E-state index is 10.7. The molecule has 1 N–H and O–H groups in total. The first-order chi connectivity index (χ1) is 10.4. The Balaban J connectivity index is 2.17.